The fourth-order valence-electron chi connectivity index (χ4n) is 4.52. The van der Waals surface area contributed by atoms with Gasteiger partial charge in [-0.15, -0.1) is 11.3 Å². The van der Waals surface area contributed by atoms with Gasteiger partial charge in [-0.3, -0.25) is 0 Å². The number of hydrogen-bond acceptors (Lipinski definition) is 9. The average Bonchev–Trinajstić information content (AvgIpc) is 3.40. The summed E-state index contributed by atoms with van der Waals surface area (Å²) in [6, 6.07) is 15.6. The molecule has 1 N–H and O–H groups in total. The van der Waals surface area contributed by atoms with E-state index >= 15 is 0 Å². The molecule has 0 atom stereocenters. The molecule has 1 aliphatic rings. The van der Waals surface area contributed by atoms with E-state index in [4.69, 9.17) is 10.00 Å². The second-order valence-corrected chi connectivity index (χ2v) is 12.0. The number of sulfonamides is 1. The number of nitrogens with zero attached hydrogens (tertiary/aromatic N) is 5. The number of nitriles is 2. The molecule has 1 saturated heterocycles. The lowest BCUT2D eigenvalue weighted by Gasteiger charge is -2.31. The molecule has 38 heavy (non-hydrogen) atoms. The number of piperidine rings is 1. The van der Waals surface area contributed by atoms with E-state index < -0.39 is 10.0 Å². The SMILES string of the molecule is Cc1cc(C#N)cc(C)c1Oc1nc(NC2CCN(S(=O)(=O)c3ccc(C#N)cc3)CC2)nc2ccsc12. The second kappa shape index (κ2) is 10.4. The zero-order valence-electron chi connectivity index (χ0n) is 20.8. The van der Waals surface area contributed by atoms with Gasteiger partial charge >= 0.3 is 0 Å². The number of hydrogen-bond donors (Lipinski definition) is 1. The van der Waals surface area contributed by atoms with Crippen LogP contribution in [0.5, 0.6) is 11.6 Å². The molecule has 0 unspecified atom stereocenters. The number of aryl methyl sites for hydroxylation is 2. The van der Waals surface area contributed by atoms with E-state index in [1.807, 2.05) is 31.4 Å². The first-order chi connectivity index (χ1) is 18.3. The Morgan fingerprint density at radius 2 is 1.66 bits per heavy atom. The van der Waals surface area contributed by atoms with Gasteiger partial charge in [-0.05, 0) is 85.7 Å². The van der Waals surface area contributed by atoms with Crippen LogP contribution in [0.2, 0.25) is 0 Å². The van der Waals surface area contributed by atoms with Gasteiger partial charge in [0.1, 0.15) is 10.4 Å². The highest BCUT2D eigenvalue weighted by Gasteiger charge is 2.30. The molecule has 0 radical (unpaired) electrons. The number of ether oxygens (including phenoxy) is 1. The van der Waals surface area contributed by atoms with Crippen molar-refractivity contribution in [2.75, 3.05) is 18.4 Å². The normalized spacial score (nSPS) is 14.6. The first-order valence-corrected chi connectivity index (χ1v) is 14.3. The van der Waals surface area contributed by atoms with Crippen LogP contribution in [0.4, 0.5) is 5.95 Å². The largest absolute Gasteiger partial charge is 0.437 e. The standard InChI is InChI=1S/C27H24N6O3S2/c1-17-13-20(16-29)14-18(2)24(17)36-26-25-23(9-12-37-25)31-27(32-26)30-21-7-10-33(11-8-21)38(34,35)22-5-3-19(15-28)4-6-22/h3-6,9,12-14,21H,7-8,10-11H2,1-2H3,(H,30,31,32). The van der Waals surface area contributed by atoms with E-state index in [1.165, 1.54) is 39.9 Å². The van der Waals surface area contributed by atoms with Gasteiger partial charge in [0.15, 0.2) is 0 Å². The minimum absolute atomic E-state index is 0.00950. The van der Waals surface area contributed by atoms with Gasteiger partial charge in [0, 0.05) is 19.1 Å². The van der Waals surface area contributed by atoms with Crippen molar-refractivity contribution >= 4 is 37.5 Å². The van der Waals surface area contributed by atoms with E-state index in [9.17, 15) is 13.7 Å². The van der Waals surface area contributed by atoms with Gasteiger partial charge in [0.2, 0.25) is 21.9 Å². The number of nitrogens with one attached hydrogen (secondary N) is 1. The van der Waals surface area contributed by atoms with Crippen LogP contribution in [-0.2, 0) is 10.0 Å². The molecule has 11 heteroatoms. The molecular formula is C27H24N6O3S2. The summed E-state index contributed by atoms with van der Waals surface area (Å²) >= 11 is 1.49. The number of benzene rings is 2. The lowest BCUT2D eigenvalue weighted by atomic mass is 10.1. The van der Waals surface area contributed by atoms with E-state index in [0.717, 1.165) is 21.3 Å². The maximum absolute atomic E-state index is 13.0. The molecule has 9 nitrogen and oxygen atoms in total. The van der Waals surface area contributed by atoms with Crippen LogP contribution in [0.1, 0.15) is 35.1 Å². The van der Waals surface area contributed by atoms with Gasteiger partial charge in [-0.25, -0.2) is 13.4 Å². The number of anilines is 1. The van der Waals surface area contributed by atoms with Gasteiger partial charge in [-0.1, -0.05) is 0 Å². The van der Waals surface area contributed by atoms with E-state index in [2.05, 4.69) is 21.4 Å². The molecule has 1 aliphatic heterocycles. The molecule has 3 heterocycles. The molecule has 1 fully saturated rings. The predicted octanol–water partition coefficient (Wildman–Crippen LogP) is 5.11. The molecule has 0 amide bonds. The Kier molecular flexibility index (Phi) is 7.00. The monoisotopic (exact) mass is 544 g/mol. The molecular weight excluding hydrogens is 520 g/mol. The summed E-state index contributed by atoms with van der Waals surface area (Å²) in [5.74, 6) is 1.51. The minimum atomic E-state index is -3.63. The highest BCUT2D eigenvalue weighted by atomic mass is 32.2. The fraction of sp³-hybridized carbons (Fsp3) is 0.259. The van der Waals surface area contributed by atoms with E-state index in [0.29, 0.717) is 54.6 Å². The summed E-state index contributed by atoms with van der Waals surface area (Å²) in [5, 5.41) is 23.5. The van der Waals surface area contributed by atoms with Gasteiger partial charge in [0.05, 0.1) is 33.7 Å². The topological polar surface area (TPSA) is 132 Å². The van der Waals surface area contributed by atoms with Crippen molar-refractivity contribution in [3.63, 3.8) is 0 Å². The Balaban J connectivity index is 1.32. The molecule has 0 saturated carbocycles. The molecule has 2 aromatic heterocycles. The molecule has 192 valence electrons. The first kappa shape index (κ1) is 25.6. The Labute approximate surface area is 225 Å². The lowest BCUT2D eigenvalue weighted by Crippen LogP contribution is -2.42. The van der Waals surface area contributed by atoms with Crippen molar-refractivity contribution in [3.8, 4) is 23.8 Å². The Morgan fingerprint density at radius 3 is 2.29 bits per heavy atom. The maximum Gasteiger partial charge on any atom is 0.243 e. The van der Waals surface area contributed by atoms with Gasteiger partial charge in [0.25, 0.3) is 0 Å². The van der Waals surface area contributed by atoms with Crippen LogP contribution in [0.3, 0.4) is 0 Å². The molecule has 5 rings (SSSR count). The second-order valence-electron chi connectivity index (χ2n) is 9.10. The zero-order chi connectivity index (χ0) is 26.9. The van der Waals surface area contributed by atoms with Crippen molar-refractivity contribution in [2.24, 2.45) is 0 Å². The minimum Gasteiger partial charge on any atom is -0.437 e. The van der Waals surface area contributed by atoms with Crippen LogP contribution >= 0.6 is 11.3 Å². The molecule has 2 aromatic carbocycles. The average molecular weight is 545 g/mol. The van der Waals surface area contributed by atoms with Crippen LogP contribution < -0.4 is 10.1 Å². The Hall–Kier alpha value is -4.03. The lowest BCUT2D eigenvalue weighted by molar-refractivity contribution is 0.329. The first-order valence-electron chi connectivity index (χ1n) is 12.0. The number of thiophene rings is 1. The van der Waals surface area contributed by atoms with Crippen molar-refractivity contribution in [1.29, 1.82) is 10.5 Å². The predicted molar refractivity (Wildman–Crippen MR) is 145 cm³/mol. The van der Waals surface area contributed by atoms with Crippen molar-refractivity contribution in [3.05, 3.63) is 70.1 Å². The van der Waals surface area contributed by atoms with Crippen LogP contribution in [0, 0.1) is 36.5 Å². The van der Waals surface area contributed by atoms with Crippen molar-refractivity contribution in [1.82, 2.24) is 14.3 Å². The Bertz CT molecular complexity index is 1670. The zero-order valence-corrected chi connectivity index (χ0v) is 22.4. The molecule has 0 aliphatic carbocycles. The number of rotatable bonds is 6. The fourth-order valence-corrected chi connectivity index (χ4v) is 6.74. The highest BCUT2D eigenvalue weighted by molar-refractivity contribution is 7.89. The van der Waals surface area contributed by atoms with Crippen LogP contribution in [-0.4, -0.2) is 41.8 Å². The number of aromatic nitrogens is 2. The molecule has 0 spiro atoms. The number of fused-ring (bicyclic) bond motifs is 1. The van der Waals surface area contributed by atoms with E-state index in [1.54, 1.807) is 12.1 Å². The third-order valence-electron chi connectivity index (χ3n) is 6.47. The summed E-state index contributed by atoms with van der Waals surface area (Å²) in [6.07, 6.45) is 1.18. The van der Waals surface area contributed by atoms with Crippen molar-refractivity contribution < 1.29 is 13.2 Å². The van der Waals surface area contributed by atoms with Gasteiger partial charge < -0.3 is 10.1 Å². The quantitative estimate of drug-likeness (QED) is 0.354. The summed E-state index contributed by atoms with van der Waals surface area (Å²) < 4.78 is 34.7. The Morgan fingerprint density at radius 1 is 1.00 bits per heavy atom. The third-order valence-corrected chi connectivity index (χ3v) is 9.27. The van der Waals surface area contributed by atoms with Crippen molar-refractivity contribution in [2.45, 2.75) is 37.6 Å². The smallest absolute Gasteiger partial charge is 0.243 e. The summed E-state index contributed by atoms with van der Waals surface area (Å²) in [4.78, 5) is 9.49. The van der Waals surface area contributed by atoms with Crippen LogP contribution in [0.25, 0.3) is 10.2 Å². The van der Waals surface area contributed by atoms with Gasteiger partial charge in [-0.2, -0.15) is 19.8 Å². The highest BCUT2D eigenvalue weighted by Crippen LogP contribution is 2.36. The van der Waals surface area contributed by atoms with Crippen LogP contribution in [0.15, 0.2) is 52.7 Å². The summed E-state index contributed by atoms with van der Waals surface area (Å²) in [5.41, 5.74) is 3.44. The van der Waals surface area contributed by atoms with E-state index in [-0.39, 0.29) is 10.9 Å². The molecule has 0 bridgehead atoms. The maximum atomic E-state index is 13.0. The summed E-state index contributed by atoms with van der Waals surface area (Å²) in [7, 11) is -3.63. The summed E-state index contributed by atoms with van der Waals surface area (Å²) in [6.45, 7) is 4.51. The third kappa shape index (κ3) is 5.04. The molecule has 4 aromatic rings.